The lowest BCUT2D eigenvalue weighted by Crippen LogP contribution is -2.12. The number of fused-ring (bicyclic) bond motifs is 1. The van der Waals surface area contributed by atoms with E-state index < -0.39 is 0 Å². The number of aromatic nitrogens is 3. The number of benzene rings is 1. The lowest BCUT2D eigenvalue weighted by Gasteiger charge is -2.09. The van der Waals surface area contributed by atoms with Crippen molar-refractivity contribution in [2.24, 2.45) is 5.84 Å². The maximum Gasteiger partial charge on any atom is 0.180 e. The summed E-state index contributed by atoms with van der Waals surface area (Å²) in [6, 6.07) is 8.37. The Kier molecular flexibility index (Phi) is 3.22. The van der Waals surface area contributed by atoms with Crippen LogP contribution in [-0.4, -0.2) is 14.4 Å². The summed E-state index contributed by atoms with van der Waals surface area (Å²) < 4.78 is 1.87. The molecule has 0 unspecified atom stereocenters. The molecule has 0 aliphatic heterocycles. The number of aryl methyl sites for hydroxylation is 1. The zero-order chi connectivity index (χ0) is 13.9. The fraction of sp³-hybridized carbons (Fsp3) is 0.143. The molecule has 6 nitrogen and oxygen atoms in total. The van der Waals surface area contributed by atoms with E-state index in [2.05, 4.69) is 51.9 Å². The lowest BCUT2D eigenvalue weighted by atomic mass is 10.1. The summed E-state index contributed by atoms with van der Waals surface area (Å²) in [6.45, 7) is 2.76. The van der Waals surface area contributed by atoms with Gasteiger partial charge in [0.25, 0.3) is 0 Å². The molecular weight excluding hydrogens is 252 g/mol. The van der Waals surface area contributed by atoms with Crippen molar-refractivity contribution in [3.05, 3.63) is 54.0 Å². The Morgan fingerprint density at radius 1 is 1.25 bits per heavy atom. The van der Waals surface area contributed by atoms with Crippen molar-refractivity contribution < 1.29 is 0 Å². The fourth-order valence-electron chi connectivity index (χ4n) is 2.01. The van der Waals surface area contributed by atoms with Gasteiger partial charge in [0.05, 0.1) is 6.20 Å². The van der Waals surface area contributed by atoms with Crippen molar-refractivity contribution in [2.75, 3.05) is 10.7 Å². The highest BCUT2D eigenvalue weighted by Gasteiger charge is 2.06. The Bertz CT molecular complexity index is 716. The second-order valence-electron chi connectivity index (χ2n) is 4.62. The molecule has 2 aromatic heterocycles. The molecule has 3 rings (SSSR count). The number of nitrogens with two attached hydrogens (primary N) is 1. The molecule has 2 heterocycles. The number of rotatable bonds is 4. The maximum atomic E-state index is 5.43. The Balaban J connectivity index is 1.86. The van der Waals surface area contributed by atoms with Gasteiger partial charge in [0.1, 0.15) is 0 Å². The van der Waals surface area contributed by atoms with Gasteiger partial charge in [-0.3, -0.25) is 0 Å². The Hall–Kier alpha value is -2.60. The normalized spacial score (nSPS) is 10.7. The summed E-state index contributed by atoms with van der Waals surface area (Å²) in [5, 5.41) is 3.29. The number of hydrogen-bond acceptors (Lipinski definition) is 5. The first-order valence-electron chi connectivity index (χ1n) is 6.36. The summed E-state index contributed by atoms with van der Waals surface area (Å²) in [5.74, 6) is 6.71. The number of hydrogen-bond donors (Lipinski definition) is 3. The molecule has 0 fully saturated rings. The average molecular weight is 268 g/mol. The highest BCUT2D eigenvalue weighted by molar-refractivity contribution is 5.65. The first kappa shape index (κ1) is 12.4. The van der Waals surface area contributed by atoms with Crippen molar-refractivity contribution in [1.82, 2.24) is 14.4 Å². The van der Waals surface area contributed by atoms with E-state index in [1.165, 1.54) is 11.1 Å². The van der Waals surface area contributed by atoms with Gasteiger partial charge in [-0.15, -0.1) is 0 Å². The van der Waals surface area contributed by atoms with Crippen LogP contribution in [0.1, 0.15) is 11.1 Å². The van der Waals surface area contributed by atoms with E-state index in [4.69, 9.17) is 5.84 Å². The van der Waals surface area contributed by atoms with Gasteiger partial charge in [-0.1, -0.05) is 29.8 Å². The monoisotopic (exact) mass is 268 g/mol. The second kappa shape index (κ2) is 5.18. The zero-order valence-electron chi connectivity index (χ0n) is 11.2. The smallest absolute Gasteiger partial charge is 0.180 e. The quantitative estimate of drug-likeness (QED) is 0.497. The van der Waals surface area contributed by atoms with Crippen molar-refractivity contribution in [2.45, 2.75) is 13.5 Å². The van der Waals surface area contributed by atoms with Crippen LogP contribution in [0.5, 0.6) is 0 Å². The maximum absolute atomic E-state index is 5.43. The van der Waals surface area contributed by atoms with E-state index in [1.807, 2.05) is 10.6 Å². The van der Waals surface area contributed by atoms with Crippen LogP contribution in [0.25, 0.3) is 5.65 Å². The predicted molar refractivity (Wildman–Crippen MR) is 79.3 cm³/mol. The molecule has 6 heteroatoms. The van der Waals surface area contributed by atoms with Gasteiger partial charge < -0.3 is 15.1 Å². The molecule has 0 atom stereocenters. The number of hydrazine groups is 1. The Morgan fingerprint density at radius 2 is 2.05 bits per heavy atom. The van der Waals surface area contributed by atoms with Gasteiger partial charge in [0.2, 0.25) is 0 Å². The molecule has 0 spiro atoms. The molecule has 0 amide bonds. The van der Waals surface area contributed by atoms with E-state index in [0.29, 0.717) is 18.2 Å². The van der Waals surface area contributed by atoms with Gasteiger partial charge in [-0.2, -0.15) is 0 Å². The summed E-state index contributed by atoms with van der Waals surface area (Å²) in [5.41, 5.74) is 5.76. The van der Waals surface area contributed by atoms with Crippen LogP contribution < -0.4 is 16.6 Å². The minimum atomic E-state index is 0.585. The van der Waals surface area contributed by atoms with Gasteiger partial charge in [0.15, 0.2) is 17.3 Å². The van der Waals surface area contributed by atoms with Crippen molar-refractivity contribution in [3.8, 4) is 0 Å². The standard InChI is InChI=1S/C14H16N6/c1-10-2-4-11(5-3-10)8-17-13-14-16-6-7-20(14)9-12(18-13)19-15/h2-7,9,19H,8,15H2,1H3,(H,17,18). The molecular formula is C14H16N6. The summed E-state index contributed by atoms with van der Waals surface area (Å²) >= 11 is 0. The lowest BCUT2D eigenvalue weighted by molar-refractivity contribution is 1.06. The molecule has 0 aliphatic rings. The highest BCUT2D eigenvalue weighted by Crippen LogP contribution is 2.16. The highest BCUT2D eigenvalue weighted by atomic mass is 15.3. The third-order valence-electron chi connectivity index (χ3n) is 3.10. The molecule has 20 heavy (non-hydrogen) atoms. The van der Waals surface area contributed by atoms with Crippen LogP contribution in [0.15, 0.2) is 42.9 Å². The molecule has 0 saturated carbocycles. The van der Waals surface area contributed by atoms with Gasteiger partial charge in [-0.05, 0) is 12.5 Å². The van der Waals surface area contributed by atoms with Crippen LogP contribution in [0.3, 0.4) is 0 Å². The average Bonchev–Trinajstić information content (AvgIpc) is 2.94. The van der Waals surface area contributed by atoms with E-state index in [9.17, 15) is 0 Å². The number of nitrogen functional groups attached to an aromatic ring is 1. The molecule has 102 valence electrons. The first-order chi connectivity index (χ1) is 9.76. The third-order valence-corrected chi connectivity index (χ3v) is 3.10. The van der Waals surface area contributed by atoms with Crippen LogP contribution >= 0.6 is 0 Å². The van der Waals surface area contributed by atoms with Crippen molar-refractivity contribution >= 4 is 17.3 Å². The van der Waals surface area contributed by atoms with Gasteiger partial charge >= 0.3 is 0 Å². The van der Waals surface area contributed by atoms with E-state index in [1.54, 1.807) is 12.4 Å². The third kappa shape index (κ3) is 2.41. The number of nitrogens with one attached hydrogen (secondary N) is 2. The molecule has 3 aromatic rings. The van der Waals surface area contributed by atoms with Crippen LogP contribution in [0.2, 0.25) is 0 Å². The number of imidazole rings is 1. The largest absolute Gasteiger partial charge is 0.363 e. The molecule has 0 radical (unpaired) electrons. The topological polar surface area (TPSA) is 80.3 Å². The summed E-state index contributed by atoms with van der Waals surface area (Å²) in [7, 11) is 0. The SMILES string of the molecule is Cc1ccc(CNc2nc(NN)cn3ccnc23)cc1. The summed E-state index contributed by atoms with van der Waals surface area (Å²) in [4.78, 5) is 8.68. The number of anilines is 2. The van der Waals surface area contributed by atoms with Crippen molar-refractivity contribution in [3.63, 3.8) is 0 Å². The van der Waals surface area contributed by atoms with E-state index in [0.717, 1.165) is 5.65 Å². The Labute approximate surface area is 116 Å². The molecule has 0 bridgehead atoms. The van der Waals surface area contributed by atoms with Gasteiger partial charge in [0, 0.05) is 18.9 Å². The van der Waals surface area contributed by atoms with Gasteiger partial charge in [-0.25, -0.2) is 15.8 Å². The minimum Gasteiger partial charge on any atom is -0.363 e. The molecule has 0 saturated heterocycles. The van der Waals surface area contributed by atoms with Crippen LogP contribution in [-0.2, 0) is 6.54 Å². The van der Waals surface area contributed by atoms with Crippen molar-refractivity contribution in [1.29, 1.82) is 0 Å². The Morgan fingerprint density at radius 3 is 2.80 bits per heavy atom. The molecule has 4 N–H and O–H groups in total. The minimum absolute atomic E-state index is 0.585. The zero-order valence-corrected chi connectivity index (χ0v) is 11.2. The number of nitrogens with zero attached hydrogens (tertiary/aromatic N) is 3. The van der Waals surface area contributed by atoms with E-state index in [-0.39, 0.29) is 0 Å². The summed E-state index contributed by atoms with van der Waals surface area (Å²) in [6.07, 6.45) is 5.38. The van der Waals surface area contributed by atoms with Crippen LogP contribution in [0, 0.1) is 6.92 Å². The molecule has 1 aromatic carbocycles. The predicted octanol–water partition coefficient (Wildman–Crippen LogP) is 1.94. The molecule has 0 aliphatic carbocycles. The fourth-order valence-corrected chi connectivity index (χ4v) is 2.01. The first-order valence-corrected chi connectivity index (χ1v) is 6.36. The van der Waals surface area contributed by atoms with E-state index >= 15 is 0 Å². The van der Waals surface area contributed by atoms with Crippen LogP contribution in [0.4, 0.5) is 11.6 Å². The second-order valence-corrected chi connectivity index (χ2v) is 4.62.